The van der Waals surface area contributed by atoms with Gasteiger partial charge < -0.3 is 15.2 Å². The van der Waals surface area contributed by atoms with Gasteiger partial charge >= 0.3 is 11.8 Å². The maximum Gasteiger partial charge on any atom is 0.311 e. The molecular formula is C25H30N4O2. The first-order chi connectivity index (χ1) is 14.9. The molecule has 1 aliphatic heterocycles. The summed E-state index contributed by atoms with van der Waals surface area (Å²) in [4.78, 5) is 33.4. The molecule has 2 N–H and O–H groups in total. The van der Waals surface area contributed by atoms with Crippen LogP contribution in [0.2, 0.25) is 0 Å². The molecule has 1 fully saturated rings. The Morgan fingerprint density at radius 2 is 1.90 bits per heavy atom. The lowest BCUT2D eigenvalue weighted by molar-refractivity contribution is -0.146. The minimum absolute atomic E-state index is 0.375. The lowest BCUT2D eigenvalue weighted by atomic mass is 9.87. The van der Waals surface area contributed by atoms with Crippen LogP contribution >= 0.6 is 0 Å². The van der Waals surface area contributed by atoms with E-state index in [2.05, 4.69) is 59.5 Å². The van der Waals surface area contributed by atoms with Crippen LogP contribution in [0.5, 0.6) is 0 Å². The number of amides is 2. The van der Waals surface area contributed by atoms with Crippen molar-refractivity contribution in [2.75, 3.05) is 20.1 Å². The predicted octanol–water partition coefficient (Wildman–Crippen LogP) is 4.11. The molecule has 0 unspecified atom stereocenters. The molecular weight excluding hydrogens is 388 g/mol. The monoisotopic (exact) mass is 418 g/mol. The first-order valence-corrected chi connectivity index (χ1v) is 11.0. The van der Waals surface area contributed by atoms with Crippen molar-refractivity contribution in [3.8, 4) is 11.3 Å². The highest BCUT2D eigenvalue weighted by Gasteiger charge is 2.27. The minimum Gasteiger partial charge on any atom is -0.354 e. The quantitative estimate of drug-likeness (QED) is 0.628. The third-order valence-corrected chi connectivity index (χ3v) is 6.30. The summed E-state index contributed by atoms with van der Waals surface area (Å²) in [5.74, 6) is -0.201. The lowest BCUT2D eigenvalue weighted by Gasteiger charge is -2.31. The van der Waals surface area contributed by atoms with Gasteiger partial charge in [-0.15, -0.1) is 0 Å². The number of benzene rings is 1. The van der Waals surface area contributed by atoms with Gasteiger partial charge in [-0.3, -0.25) is 14.6 Å². The SMILES string of the molecule is CNC(=O)C(=O)N1CCC(c2ccc3[nH]c(-c4ccnc(C)c4)c(C(C)C)c3c2)CC1. The molecule has 2 amide bonds. The summed E-state index contributed by atoms with van der Waals surface area (Å²) in [7, 11) is 1.49. The summed E-state index contributed by atoms with van der Waals surface area (Å²) >= 11 is 0. The number of likely N-dealkylation sites (N-methyl/N-ethyl adjacent to an activating group) is 1. The van der Waals surface area contributed by atoms with Gasteiger partial charge in [-0.2, -0.15) is 0 Å². The van der Waals surface area contributed by atoms with Crippen molar-refractivity contribution in [2.45, 2.75) is 45.4 Å². The fourth-order valence-electron chi connectivity index (χ4n) is 4.68. The van der Waals surface area contributed by atoms with Crippen molar-refractivity contribution in [2.24, 2.45) is 0 Å². The van der Waals surface area contributed by atoms with Crippen LogP contribution in [-0.2, 0) is 9.59 Å². The molecule has 0 radical (unpaired) electrons. The average molecular weight is 419 g/mol. The number of hydrogen-bond donors (Lipinski definition) is 2. The van der Waals surface area contributed by atoms with Crippen LogP contribution in [0, 0.1) is 6.92 Å². The summed E-state index contributed by atoms with van der Waals surface area (Å²) in [6.45, 7) is 7.70. The van der Waals surface area contributed by atoms with Crippen molar-refractivity contribution >= 4 is 22.7 Å². The molecule has 2 aromatic heterocycles. The zero-order valence-corrected chi connectivity index (χ0v) is 18.7. The van der Waals surface area contributed by atoms with E-state index in [1.165, 1.54) is 29.3 Å². The Kier molecular flexibility index (Phi) is 5.81. The van der Waals surface area contributed by atoms with E-state index >= 15 is 0 Å². The summed E-state index contributed by atoms with van der Waals surface area (Å²) < 4.78 is 0. The number of hydrogen-bond acceptors (Lipinski definition) is 3. The molecule has 6 nitrogen and oxygen atoms in total. The number of piperidine rings is 1. The van der Waals surface area contributed by atoms with Crippen LogP contribution < -0.4 is 5.32 Å². The Balaban J connectivity index is 1.64. The van der Waals surface area contributed by atoms with Crippen molar-refractivity contribution < 1.29 is 9.59 Å². The number of nitrogens with one attached hydrogen (secondary N) is 2. The number of aromatic amines is 1. The molecule has 162 valence electrons. The Hall–Kier alpha value is -3.15. The summed E-state index contributed by atoms with van der Waals surface area (Å²) in [5, 5.41) is 3.69. The normalized spacial score (nSPS) is 14.9. The standard InChI is InChI=1S/C25H30N4O2/c1-15(2)22-20-14-18(17-8-11-29(12-9-17)25(31)24(30)26-4)5-6-21(20)28-23(22)19-7-10-27-16(3)13-19/h5-7,10,13-15,17,28H,8-9,11-12H2,1-4H3,(H,26,30). The van der Waals surface area contributed by atoms with Crippen LogP contribution in [-0.4, -0.2) is 46.8 Å². The average Bonchev–Trinajstić information content (AvgIpc) is 3.17. The molecule has 1 saturated heterocycles. The number of pyridine rings is 1. The van der Waals surface area contributed by atoms with Crippen LogP contribution in [0.25, 0.3) is 22.2 Å². The number of carbonyl (C=O) groups excluding carboxylic acids is 2. The van der Waals surface area contributed by atoms with E-state index < -0.39 is 11.8 Å². The van der Waals surface area contributed by atoms with Crippen LogP contribution in [0.3, 0.4) is 0 Å². The van der Waals surface area contributed by atoms with Gasteiger partial charge in [0.15, 0.2) is 0 Å². The lowest BCUT2D eigenvalue weighted by Crippen LogP contribution is -2.45. The smallest absolute Gasteiger partial charge is 0.311 e. The van der Waals surface area contributed by atoms with Gasteiger partial charge in [0.2, 0.25) is 0 Å². The summed E-state index contributed by atoms with van der Waals surface area (Å²) in [6.07, 6.45) is 3.59. The van der Waals surface area contributed by atoms with Crippen molar-refractivity contribution in [3.05, 3.63) is 53.3 Å². The number of carbonyl (C=O) groups is 2. The highest BCUT2D eigenvalue weighted by Crippen LogP contribution is 2.38. The molecule has 1 aromatic carbocycles. The first-order valence-electron chi connectivity index (χ1n) is 11.0. The number of aryl methyl sites for hydroxylation is 1. The fraction of sp³-hybridized carbons (Fsp3) is 0.400. The fourth-order valence-corrected chi connectivity index (χ4v) is 4.68. The molecule has 1 aliphatic rings. The third kappa shape index (κ3) is 4.07. The number of nitrogens with zero attached hydrogens (tertiary/aromatic N) is 2. The summed E-state index contributed by atoms with van der Waals surface area (Å²) in [5.41, 5.74) is 7.11. The van der Waals surface area contributed by atoms with E-state index in [0.29, 0.717) is 24.9 Å². The molecule has 0 saturated carbocycles. The Morgan fingerprint density at radius 1 is 1.16 bits per heavy atom. The number of rotatable bonds is 3. The molecule has 4 rings (SSSR count). The second-order valence-electron chi connectivity index (χ2n) is 8.70. The number of aromatic nitrogens is 2. The molecule has 3 heterocycles. The second-order valence-corrected chi connectivity index (χ2v) is 8.70. The first kappa shape index (κ1) is 21.1. The molecule has 0 aliphatic carbocycles. The van der Waals surface area contributed by atoms with E-state index in [9.17, 15) is 9.59 Å². The van der Waals surface area contributed by atoms with Gasteiger partial charge in [0.25, 0.3) is 0 Å². The molecule has 0 bridgehead atoms. The zero-order chi connectivity index (χ0) is 22.1. The van der Waals surface area contributed by atoms with Crippen LogP contribution in [0.4, 0.5) is 0 Å². The van der Waals surface area contributed by atoms with Crippen LogP contribution in [0.15, 0.2) is 36.5 Å². The van der Waals surface area contributed by atoms with Gasteiger partial charge in [0, 0.05) is 48.5 Å². The van der Waals surface area contributed by atoms with Gasteiger partial charge in [-0.05, 0) is 67.0 Å². The largest absolute Gasteiger partial charge is 0.354 e. The highest BCUT2D eigenvalue weighted by atomic mass is 16.2. The number of fused-ring (bicyclic) bond motifs is 1. The van der Waals surface area contributed by atoms with E-state index in [1.807, 2.05) is 13.1 Å². The Morgan fingerprint density at radius 3 is 2.55 bits per heavy atom. The minimum atomic E-state index is -0.535. The van der Waals surface area contributed by atoms with Crippen molar-refractivity contribution in [1.29, 1.82) is 0 Å². The highest BCUT2D eigenvalue weighted by molar-refractivity contribution is 6.34. The second kappa shape index (κ2) is 8.53. The van der Waals surface area contributed by atoms with Crippen LogP contribution in [0.1, 0.15) is 55.3 Å². The topological polar surface area (TPSA) is 78.1 Å². The van der Waals surface area contributed by atoms with Gasteiger partial charge in [0.05, 0.1) is 5.69 Å². The van der Waals surface area contributed by atoms with Crippen molar-refractivity contribution in [1.82, 2.24) is 20.2 Å². The maximum atomic E-state index is 12.1. The van der Waals surface area contributed by atoms with Gasteiger partial charge in [-0.25, -0.2) is 0 Å². The molecule has 6 heteroatoms. The molecule has 3 aromatic rings. The Labute approximate surface area is 183 Å². The maximum absolute atomic E-state index is 12.1. The van der Waals surface area contributed by atoms with Crippen molar-refractivity contribution in [3.63, 3.8) is 0 Å². The van der Waals surface area contributed by atoms with E-state index in [1.54, 1.807) is 4.90 Å². The number of H-pyrrole nitrogens is 1. The number of likely N-dealkylation sites (tertiary alicyclic amines) is 1. The predicted molar refractivity (Wildman–Crippen MR) is 123 cm³/mol. The van der Waals surface area contributed by atoms with E-state index in [-0.39, 0.29) is 0 Å². The molecule has 0 atom stereocenters. The zero-order valence-electron chi connectivity index (χ0n) is 18.7. The Bertz CT molecular complexity index is 1120. The summed E-state index contributed by atoms with van der Waals surface area (Å²) in [6, 6.07) is 10.9. The van der Waals surface area contributed by atoms with Gasteiger partial charge in [-0.1, -0.05) is 19.9 Å². The van der Waals surface area contributed by atoms with Gasteiger partial charge in [0.1, 0.15) is 0 Å². The molecule has 0 spiro atoms. The van der Waals surface area contributed by atoms with E-state index in [0.717, 1.165) is 29.6 Å². The third-order valence-electron chi connectivity index (χ3n) is 6.30. The van der Waals surface area contributed by atoms with E-state index in [4.69, 9.17) is 0 Å². The molecule has 31 heavy (non-hydrogen) atoms.